The first-order chi connectivity index (χ1) is 12.0. The van der Waals surface area contributed by atoms with E-state index in [0.717, 1.165) is 17.8 Å². The van der Waals surface area contributed by atoms with Crippen LogP contribution in [0.1, 0.15) is 48.9 Å². The lowest BCUT2D eigenvalue weighted by molar-refractivity contribution is -0.119. The van der Waals surface area contributed by atoms with Crippen molar-refractivity contribution in [3.63, 3.8) is 0 Å². The highest BCUT2D eigenvalue weighted by molar-refractivity contribution is 8.01. The molecule has 25 heavy (non-hydrogen) atoms. The van der Waals surface area contributed by atoms with Crippen LogP contribution in [0, 0.1) is 17.8 Å². The summed E-state index contributed by atoms with van der Waals surface area (Å²) >= 11 is 7.62. The molecule has 1 aromatic rings. The molecule has 0 atom stereocenters. The van der Waals surface area contributed by atoms with Crippen LogP contribution >= 0.6 is 23.4 Å². The van der Waals surface area contributed by atoms with Crippen LogP contribution in [0.2, 0.25) is 5.02 Å². The Morgan fingerprint density at radius 3 is 2.12 bits per heavy atom. The largest absolute Gasteiger partial charge is 0.272 e. The third-order valence-electron chi connectivity index (χ3n) is 5.91. The van der Waals surface area contributed by atoms with Crippen LogP contribution in [0.4, 0.5) is 0 Å². The number of carbonyl (C=O) groups is 2. The Bertz CT molecular complexity index is 641. The van der Waals surface area contributed by atoms with Crippen molar-refractivity contribution >= 4 is 35.2 Å². The van der Waals surface area contributed by atoms with E-state index in [1.165, 1.54) is 38.5 Å². The van der Waals surface area contributed by atoms with Gasteiger partial charge in [-0.25, -0.2) is 0 Å². The minimum Gasteiger partial charge on any atom is -0.272 e. The van der Waals surface area contributed by atoms with E-state index in [0.29, 0.717) is 21.1 Å². The lowest BCUT2D eigenvalue weighted by atomic mass is 9.56. The highest BCUT2D eigenvalue weighted by Crippen LogP contribution is 2.60. The number of hydrogen-bond donors (Lipinski definition) is 2. The topological polar surface area (TPSA) is 58.2 Å². The Labute approximate surface area is 157 Å². The maximum absolute atomic E-state index is 12.2. The minimum absolute atomic E-state index is 0.136. The minimum atomic E-state index is -0.329. The fourth-order valence-electron chi connectivity index (χ4n) is 5.26. The summed E-state index contributed by atoms with van der Waals surface area (Å²) in [4.78, 5) is 24.2. The second-order valence-corrected chi connectivity index (χ2v) is 9.78. The first-order valence-electron chi connectivity index (χ1n) is 9.00. The molecule has 4 nitrogen and oxygen atoms in total. The van der Waals surface area contributed by atoms with Gasteiger partial charge < -0.3 is 0 Å². The highest BCUT2D eigenvalue weighted by Gasteiger charge is 2.51. The summed E-state index contributed by atoms with van der Waals surface area (Å²) in [6.45, 7) is 0. The molecule has 0 spiro atoms. The molecule has 0 heterocycles. The molecule has 4 fully saturated rings. The first kappa shape index (κ1) is 17.2. The Hall–Kier alpha value is -1.20. The van der Waals surface area contributed by atoms with Gasteiger partial charge in [0.25, 0.3) is 5.91 Å². The van der Waals surface area contributed by atoms with Gasteiger partial charge in [-0.05, 0) is 80.5 Å². The van der Waals surface area contributed by atoms with Crippen LogP contribution in [0.5, 0.6) is 0 Å². The van der Waals surface area contributed by atoms with Crippen molar-refractivity contribution in [1.82, 2.24) is 10.9 Å². The molecule has 4 saturated carbocycles. The maximum atomic E-state index is 12.2. The van der Waals surface area contributed by atoms with Crippen LogP contribution < -0.4 is 10.9 Å². The van der Waals surface area contributed by atoms with Gasteiger partial charge in [-0.15, -0.1) is 11.8 Å². The summed E-state index contributed by atoms with van der Waals surface area (Å²) in [6, 6.07) is 6.57. The molecule has 6 heteroatoms. The summed E-state index contributed by atoms with van der Waals surface area (Å²) in [7, 11) is 0. The molecule has 4 aliphatic carbocycles. The first-order valence-corrected chi connectivity index (χ1v) is 10.4. The maximum Gasteiger partial charge on any atom is 0.269 e. The second kappa shape index (κ2) is 6.84. The molecule has 0 radical (unpaired) electrons. The fraction of sp³-hybridized carbons (Fsp3) is 0.579. The molecule has 0 aliphatic heterocycles. The van der Waals surface area contributed by atoms with Gasteiger partial charge in [0.1, 0.15) is 0 Å². The number of benzene rings is 1. The molecule has 2 amide bonds. The molecule has 134 valence electrons. The fourth-order valence-corrected chi connectivity index (χ4v) is 6.96. The predicted octanol–water partition coefficient (Wildman–Crippen LogP) is 3.80. The molecular formula is C19H23ClN2O2S. The zero-order valence-electron chi connectivity index (χ0n) is 14.1. The van der Waals surface area contributed by atoms with Crippen molar-refractivity contribution in [2.45, 2.75) is 43.3 Å². The smallest absolute Gasteiger partial charge is 0.269 e. The summed E-state index contributed by atoms with van der Waals surface area (Å²) in [6.07, 6.45) is 8.03. The van der Waals surface area contributed by atoms with Gasteiger partial charge in [-0.3, -0.25) is 20.4 Å². The Balaban J connectivity index is 1.26. The number of hydrogen-bond acceptors (Lipinski definition) is 3. The van der Waals surface area contributed by atoms with Crippen LogP contribution in [0.25, 0.3) is 0 Å². The third-order valence-corrected chi connectivity index (χ3v) is 7.68. The van der Waals surface area contributed by atoms with Gasteiger partial charge in [-0.1, -0.05) is 11.6 Å². The number of rotatable bonds is 4. The average molecular weight is 379 g/mol. The van der Waals surface area contributed by atoms with E-state index in [9.17, 15) is 9.59 Å². The van der Waals surface area contributed by atoms with Gasteiger partial charge in [0.15, 0.2) is 0 Å². The summed E-state index contributed by atoms with van der Waals surface area (Å²) in [5.74, 6) is 2.59. The third kappa shape index (κ3) is 3.82. The van der Waals surface area contributed by atoms with Crippen molar-refractivity contribution in [1.29, 1.82) is 0 Å². The van der Waals surface area contributed by atoms with Crippen molar-refractivity contribution in [3.8, 4) is 0 Å². The molecule has 5 rings (SSSR count). The Kier molecular flexibility index (Phi) is 4.71. The number of carbonyl (C=O) groups excluding carboxylic acids is 2. The molecule has 4 bridgehead atoms. The molecular weight excluding hydrogens is 356 g/mol. The molecule has 4 aliphatic rings. The molecule has 0 saturated heterocycles. The predicted molar refractivity (Wildman–Crippen MR) is 100 cm³/mol. The van der Waals surface area contributed by atoms with Crippen molar-refractivity contribution < 1.29 is 9.59 Å². The van der Waals surface area contributed by atoms with Gasteiger partial charge in [0, 0.05) is 15.3 Å². The molecule has 2 N–H and O–H groups in total. The number of halogens is 1. The number of thioether (sulfide) groups is 1. The summed E-state index contributed by atoms with van der Waals surface area (Å²) < 4.78 is 0.312. The van der Waals surface area contributed by atoms with Gasteiger partial charge in [-0.2, -0.15) is 0 Å². The van der Waals surface area contributed by atoms with E-state index in [1.54, 1.807) is 24.3 Å². The lowest BCUT2D eigenvalue weighted by Crippen LogP contribution is -2.49. The van der Waals surface area contributed by atoms with E-state index in [2.05, 4.69) is 10.9 Å². The highest BCUT2D eigenvalue weighted by atomic mass is 35.5. The quantitative estimate of drug-likeness (QED) is 0.783. The van der Waals surface area contributed by atoms with Gasteiger partial charge >= 0.3 is 0 Å². The van der Waals surface area contributed by atoms with Gasteiger partial charge in [0.05, 0.1) is 5.75 Å². The molecule has 1 aromatic carbocycles. The SMILES string of the molecule is O=C(CSC12CC3CC(CC(C3)C1)C2)NNC(=O)c1ccc(Cl)cc1. The zero-order chi connectivity index (χ0) is 17.4. The lowest BCUT2D eigenvalue weighted by Gasteiger charge is -2.56. The summed E-state index contributed by atoms with van der Waals surface area (Å²) in [5.41, 5.74) is 5.49. The van der Waals surface area contributed by atoms with Crippen LogP contribution in [-0.4, -0.2) is 22.3 Å². The number of hydrazine groups is 1. The van der Waals surface area contributed by atoms with Crippen LogP contribution in [-0.2, 0) is 4.79 Å². The van der Waals surface area contributed by atoms with Gasteiger partial charge in [0.2, 0.25) is 5.91 Å². The van der Waals surface area contributed by atoms with E-state index in [1.807, 2.05) is 11.8 Å². The molecule has 0 unspecified atom stereocenters. The average Bonchev–Trinajstić information content (AvgIpc) is 2.57. The van der Waals surface area contributed by atoms with Crippen LogP contribution in [0.15, 0.2) is 24.3 Å². The Morgan fingerprint density at radius 2 is 1.56 bits per heavy atom. The zero-order valence-corrected chi connectivity index (χ0v) is 15.7. The summed E-state index contributed by atoms with van der Waals surface area (Å²) in [5, 5.41) is 0.576. The monoisotopic (exact) mass is 378 g/mol. The Morgan fingerprint density at radius 1 is 1.00 bits per heavy atom. The standard InChI is InChI=1S/C19H23ClN2O2S/c20-16-3-1-15(2-4-16)18(24)22-21-17(23)11-25-19-8-12-5-13(9-19)7-14(6-12)10-19/h1-4,12-14H,5-11H2,(H,21,23)(H,22,24). The normalized spacial score (nSPS) is 32.4. The number of nitrogens with one attached hydrogen (secondary N) is 2. The molecule has 0 aromatic heterocycles. The van der Waals surface area contributed by atoms with Crippen LogP contribution in [0.3, 0.4) is 0 Å². The van der Waals surface area contributed by atoms with Crippen molar-refractivity contribution in [3.05, 3.63) is 34.9 Å². The van der Waals surface area contributed by atoms with Crippen molar-refractivity contribution in [2.24, 2.45) is 17.8 Å². The number of amides is 2. The second-order valence-electron chi connectivity index (χ2n) is 7.90. The van der Waals surface area contributed by atoms with E-state index < -0.39 is 0 Å². The van der Waals surface area contributed by atoms with Crippen molar-refractivity contribution in [2.75, 3.05) is 5.75 Å². The van der Waals surface area contributed by atoms with E-state index in [4.69, 9.17) is 11.6 Å². The van der Waals surface area contributed by atoms with E-state index >= 15 is 0 Å². The van der Waals surface area contributed by atoms with E-state index in [-0.39, 0.29) is 11.8 Å².